The van der Waals surface area contributed by atoms with E-state index in [1.165, 1.54) is 24.1 Å². The van der Waals surface area contributed by atoms with E-state index in [1.54, 1.807) is 0 Å². The zero-order valence-electron chi connectivity index (χ0n) is 20.4. The number of carbonyl (C=O) groups excluding carboxylic acids is 1. The molecule has 2 atom stereocenters. The molecule has 2 aromatic rings. The lowest BCUT2D eigenvalue weighted by Crippen LogP contribution is -2.46. The Morgan fingerprint density at radius 3 is 2.56 bits per heavy atom. The molecule has 0 spiro atoms. The topological polar surface area (TPSA) is 66.9 Å². The molecule has 0 bridgehead atoms. The molecule has 7 nitrogen and oxygen atoms in total. The highest BCUT2D eigenvalue weighted by Gasteiger charge is 2.31. The van der Waals surface area contributed by atoms with Crippen molar-refractivity contribution in [1.29, 1.82) is 0 Å². The molecule has 3 aliphatic heterocycles. The molecule has 1 N–H and O–H groups in total. The van der Waals surface area contributed by atoms with Crippen LogP contribution in [0.5, 0.6) is 11.5 Å². The average Bonchev–Trinajstić information content (AvgIpc) is 3.51. The van der Waals surface area contributed by atoms with Gasteiger partial charge in [0.25, 0.3) is 0 Å². The van der Waals surface area contributed by atoms with Gasteiger partial charge in [-0.2, -0.15) is 0 Å². The van der Waals surface area contributed by atoms with Gasteiger partial charge >= 0.3 is 0 Å². The average molecular weight is 465 g/mol. The number of rotatable bonds is 7. The number of ether oxygens (including phenoxy) is 2. The molecule has 1 amide bonds. The fraction of sp³-hybridized carbons (Fsp3) is 0.556. The smallest absolute Gasteiger partial charge is 0.225 e. The van der Waals surface area contributed by atoms with Gasteiger partial charge in [-0.05, 0) is 82.4 Å². The number of hydrogen-bond donors (Lipinski definition) is 1. The lowest BCUT2D eigenvalue weighted by Gasteiger charge is -2.27. The maximum Gasteiger partial charge on any atom is 0.225 e. The van der Waals surface area contributed by atoms with Crippen LogP contribution in [0.2, 0.25) is 0 Å². The lowest BCUT2D eigenvalue weighted by atomic mass is 10.0. The van der Waals surface area contributed by atoms with Gasteiger partial charge in [-0.3, -0.25) is 9.78 Å². The summed E-state index contributed by atoms with van der Waals surface area (Å²) in [7, 11) is 0. The molecule has 5 rings (SSSR count). The summed E-state index contributed by atoms with van der Waals surface area (Å²) in [5.41, 5.74) is 4.38. The van der Waals surface area contributed by atoms with Crippen LogP contribution in [0.25, 0.3) is 0 Å². The van der Waals surface area contributed by atoms with E-state index in [9.17, 15) is 4.79 Å². The van der Waals surface area contributed by atoms with Gasteiger partial charge in [0.1, 0.15) is 13.2 Å². The van der Waals surface area contributed by atoms with Gasteiger partial charge in [-0.25, -0.2) is 0 Å². The molecule has 0 aliphatic carbocycles. The third-order valence-corrected chi connectivity index (χ3v) is 7.10. The Morgan fingerprint density at radius 1 is 1.06 bits per heavy atom. The third kappa shape index (κ3) is 5.46. The van der Waals surface area contributed by atoms with Crippen molar-refractivity contribution in [1.82, 2.24) is 15.2 Å². The molecular formula is C27H36N4O3. The summed E-state index contributed by atoms with van der Waals surface area (Å²) in [6.45, 7) is 10.0. The summed E-state index contributed by atoms with van der Waals surface area (Å²) in [4.78, 5) is 22.6. The SMILES string of the molecule is Cc1cc(N2CC[C@@H](C(=O)NC(Cc3ccc4c(c3)OCCO4)CN3CCCC3)C2)cc(C)n1. The molecule has 7 heteroatoms. The van der Waals surface area contributed by atoms with Crippen LogP contribution in [0.1, 0.15) is 36.2 Å². The molecule has 2 fully saturated rings. The third-order valence-electron chi connectivity index (χ3n) is 7.10. The first-order chi connectivity index (χ1) is 16.5. The molecule has 0 saturated carbocycles. The van der Waals surface area contributed by atoms with Crippen molar-refractivity contribution in [2.45, 2.75) is 45.6 Å². The number of nitrogens with zero attached hydrogens (tertiary/aromatic N) is 3. The normalized spacial score (nSPS) is 21.0. The number of pyridine rings is 1. The van der Waals surface area contributed by atoms with Crippen molar-refractivity contribution >= 4 is 11.6 Å². The maximum atomic E-state index is 13.3. The van der Waals surface area contributed by atoms with Crippen LogP contribution in [0.3, 0.4) is 0 Å². The first kappa shape index (κ1) is 23.0. The summed E-state index contributed by atoms with van der Waals surface area (Å²) < 4.78 is 11.5. The van der Waals surface area contributed by atoms with Crippen molar-refractivity contribution in [3.63, 3.8) is 0 Å². The molecule has 34 heavy (non-hydrogen) atoms. The van der Waals surface area contributed by atoms with Crippen LogP contribution in [-0.2, 0) is 11.2 Å². The van der Waals surface area contributed by atoms with Crippen LogP contribution >= 0.6 is 0 Å². The van der Waals surface area contributed by atoms with Crippen LogP contribution in [0, 0.1) is 19.8 Å². The highest BCUT2D eigenvalue weighted by molar-refractivity contribution is 5.80. The van der Waals surface area contributed by atoms with Crippen LogP contribution in [0.15, 0.2) is 30.3 Å². The predicted octanol–water partition coefficient (Wildman–Crippen LogP) is 3.12. The number of fused-ring (bicyclic) bond motifs is 1. The summed E-state index contributed by atoms with van der Waals surface area (Å²) in [5, 5.41) is 3.42. The van der Waals surface area contributed by atoms with Crippen molar-refractivity contribution in [2.24, 2.45) is 5.92 Å². The van der Waals surface area contributed by atoms with Crippen LogP contribution in [-0.4, -0.2) is 67.8 Å². The van der Waals surface area contributed by atoms with E-state index >= 15 is 0 Å². The number of aryl methyl sites for hydroxylation is 2. The van der Waals surface area contributed by atoms with Crippen molar-refractivity contribution in [2.75, 3.05) is 50.8 Å². The van der Waals surface area contributed by atoms with Crippen molar-refractivity contribution < 1.29 is 14.3 Å². The molecule has 0 radical (unpaired) electrons. The fourth-order valence-corrected chi connectivity index (χ4v) is 5.46. The quantitative estimate of drug-likeness (QED) is 0.679. The molecule has 1 aromatic carbocycles. The second kappa shape index (κ2) is 10.2. The number of amides is 1. The van der Waals surface area contributed by atoms with E-state index < -0.39 is 0 Å². The van der Waals surface area contributed by atoms with E-state index in [1.807, 2.05) is 19.9 Å². The number of aromatic nitrogens is 1. The molecule has 2 saturated heterocycles. The summed E-state index contributed by atoms with van der Waals surface area (Å²) in [6, 6.07) is 10.5. The molecular weight excluding hydrogens is 428 g/mol. The lowest BCUT2D eigenvalue weighted by molar-refractivity contribution is -0.125. The van der Waals surface area contributed by atoms with Gasteiger partial charge < -0.3 is 24.6 Å². The Balaban J connectivity index is 1.25. The summed E-state index contributed by atoms with van der Waals surface area (Å²) in [5.74, 6) is 1.80. The molecule has 1 aromatic heterocycles. The minimum Gasteiger partial charge on any atom is -0.486 e. The number of benzene rings is 1. The first-order valence-corrected chi connectivity index (χ1v) is 12.6. The van der Waals surface area contributed by atoms with Crippen LogP contribution < -0.4 is 19.7 Å². The van der Waals surface area contributed by atoms with E-state index in [0.717, 1.165) is 68.5 Å². The minimum atomic E-state index is 0.00937. The Kier molecular flexibility index (Phi) is 6.90. The summed E-state index contributed by atoms with van der Waals surface area (Å²) in [6.07, 6.45) is 4.16. The molecule has 1 unspecified atom stereocenters. The van der Waals surface area contributed by atoms with E-state index in [4.69, 9.17) is 9.47 Å². The summed E-state index contributed by atoms with van der Waals surface area (Å²) >= 11 is 0. The maximum absolute atomic E-state index is 13.3. The number of carbonyl (C=O) groups is 1. The predicted molar refractivity (Wildman–Crippen MR) is 133 cm³/mol. The van der Waals surface area contributed by atoms with Gasteiger partial charge in [0.05, 0.1) is 5.92 Å². The highest BCUT2D eigenvalue weighted by atomic mass is 16.6. The standard InChI is InChI=1S/C27H36N4O3/c1-19-13-24(14-20(2)28-19)31-10-7-22(17-31)27(32)29-23(18-30-8-3-4-9-30)15-21-5-6-25-26(16-21)34-12-11-33-25/h5-6,13-14,16,22-23H,3-4,7-12,15,17-18H2,1-2H3,(H,29,32)/t22-,23?/m1/s1. The Morgan fingerprint density at radius 2 is 1.79 bits per heavy atom. The molecule has 3 aliphatic rings. The molecule has 4 heterocycles. The van der Waals surface area contributed by atoms with E-state index in [-0.39, 0.29) is 17.9 Å². The van der Waals surface area contributed by atoms with E-state index in [2.05, 4.69) is 44.4 Å². The van der Waals surface area contributed by atoms with Gasteiger partial charge in [-0.15, -0.1) is 0 Å². The van der Waals surface area contributed by atoms with Gasteiger partial charge in [0, 0.05) is 42.8 Å². The van der Waals surface area contributed by atoms with Crippen molar-refractivity contribution in [3.05, 3.63) is 47.3 Å². The monoisotopic (exact) mass is 464 g/mol. The number of nitrogens with one attached hydrogen (secondary N) is 1. The Hall–Kier alpha value is -2.80. The van der Waals surface area contributed by atoms with Gasteiger partial charge in [-0.1, -0.05) is 6.07 Å². The Labute approximate surface area is 202 Å². The number of anilines is 1. The Bertz CT molecular complexity index is 1000. The first-order valence-electron chi connectivity index (χ1n) is 12.6. The van der Waals surface area contributed by atoms with Crippen LogP contribution in [0.4, 0.5) is 5.69 Å². The van der Waals surface area contributed by atoms with Gasteiger partial charge in [0.2, 0.25) is 5.91 Å². The van der Waals surface area contributed by atoms with Crippen molar-refractivity contribution in [3.8, 4) is 11.5 Å². The second-order valence-corrected chi connectivity index (χ2v) is 9.94. The zero-order valence-corrected chi connectivity index (χ0v) is 20.4. The van der Waals surface area contributed by atoms with Gasteiger partial charge in [0.15, 0.2) is 11.5 Å². The second-order valence-electron chi connectivity index (χ2n) is 9.94. The molecule has 182 valence electrons. The highest BCUT2D eigenvalue weighted by Crippen LogP contribution is 2.31. The van der Waals surface area contributed by atoms with E-state index in [0.29, 0.717) is 13.2 Å². The zero-order chi connectivity index (χ0) is 23.5. The largest absolute Gasteiger partial charge is 0.486 e. The number of hydrogen-bond acceptors (Lipinski definition) is 6. The number of likely N-dealkylation sites (tertiary alicyclic amines) is 1. The fourth-order valence-electron chi connectivity index (χ4n) is 5.46. The minimum absolute atomic E-state index is 0.00937.